The summed E-state index contributed by atoms with van der Waals surface area (Å²) in [5, 5.41) is 3.34. The van der Waals surface area contributed by atoms with Crippen LogP contribution in [-0.4, -0.2) is 30.5 Å². The molecule has 1 aromatic rings. The topological polar surface area (TPSA) is 61.6 Å². The molecule has 0 N–H and O–H groups in total. The molecule has 0 atom stereocenters. The number of carbonyl (C=O) groups is 1. The van der Waals surface area contributed by atoms with Gasteiger partial charge in [0, 0.05) is 6.07 Å². The number of rotatable bonds is 5. The molecule has 0 saturated carbocycles. The molecule has 0 aliphatic heterocycles. The molecule has 0 bridgehead atoms. The van der Waals surface area contributed by atoms with Crippen LogP contribution in [0.4, 0.5) is 13.2 Å². The molecular weight excluding hydrogens is 243 g/mol. The number of ether oxygens (including phenoxy) is 2. The second kappa shape index (κ2) is 5.67. The minimum atomic E-state index is -4.40. The molecule has 0 amide bonds. The van der Waals surface area contributed by atoms with E-state index in [-0.39, 0.29) is 18.1 Å². The number of aromatic nitrogens is 1. The van der Waals surface area contributed by atoms with Crippen LogP contribution in [0.3, 0.4) is 0 Å². The highest BCUT2D eigenvalue weighted by Crippen LogP contribution is 2.16. The Morgan fingerprint density at radius 3 is 2.82 bits per heavy atom. The summed E-state index contributed by atoms with van der Waals surface area (Å²) in [6.07, 6.45) is -4.40. The third-order valence-corrected chi connectivity index (χ3v) is 1.55. The van der Waals surface area contributed by atoms with Crippen molar-refractivity contribution in [2.24, 2.45) is 0 Å². The molecule has 96 valence electrons. The van der Waals surface area contributed by atoms with E-state index in [0.29, 0.717) is 0 Å². The summed E-state index contributed by atoms with van der Waals surface area (Å²) in [6.45, 7) is -0.00864. The van der Waals surface area contributed by atoms with E-state index < -0.39 is 25.4 Å². The number of alkyl halides is 3. The SMILES string of the molecule is CCOC(=O)c1cc(COCC(F)(F)F)on1. The lowest BCUT2D eigenvalue weighted by Crippen LogP contribution is -2.16. The normalized spacial score (nSPS) is 11.5. The summed E-state index contributed by atoms with van der Waals surface area (Å²) >= 11 is 0. The van der Waals surface area contributed by atoms with Gasteiger partial charge in [-0.3, -0.25) is 0 Å². The van der Waals surface area contributed by atoms with Crippen molar-refractivity contribution in [1.29, 1.82) is 0 Å². The molecule has 0 aliphatic carbocycles. The molecular formula is C9H10F3NO4. The lowest BCUT2D eigenvalue weighted by atomic mass is 10.4. The second-order valence-corrected chi connectivity index (χ2v) is 3.01. The molecule has 0 saturated heterocycles. The molecule has 1 aromatic heterocycles. The first kappa shape index (κ1) is 13.5. The Morgan fingerprint density at radius 2 is 2.24 bits per heavy atom. The summed E-state index contributed by atoms with van der Waals surface area (Å²) in [7, 11) is 0. The van der Waals surface area contributed by atoms with Gasteiger partial charge in [-0.05, 0) is 6.92 Å². The van der Waals surface area contributed by atoms with Crippen LogP contribution in [0, 0.1) is 0 Å². The van der Waals surface area contributed by atoms with Crippen LogP contribution in [-0.2, 0) is 16.1 Å². The molecule has 1 heterocycles. The summed E-state index contributed by atoms with van der Waals surface area (Å²) < 4.78 is 48.8. The van der Waals surface area contributed by atoms with Crippen LogP contribution in [0.25, 0.3) is 0 Å². The third kappa shape index (κ3) is 4.85. The molecule has 0 spiro atoms. The minimum absolute atomic E-state index is 0.0253. The van der Waals surface area contributed by atoms with Crippen molar-refractivity contribution >= 4 is 5.97 Å². The monoisotopic (exact) mass is 253 g/mol. The molecule has 1 rings (SSSR count). The minimum Gasteiger partial charge on any atom is -0.461 e. The van der Waals surface area contributed by atoms with Gasteiger partial charge < -0.3 is 14.0 Å². The predicted octanol–water partition coefficient (Wildman–Crippen LogP) is 1.93. The number of esters is 1. The van der Waals surface area contributed by atoms with Crippen LogP contribution < -0.4 is 0 Å². The molecule has 5 nitrogen and oxygen atoms in total. The first-order valence-corrected chi connectivity index (χ1v) is 4.69. The number of hydrogen-bond donors (Lipinski definition) is 0. The fraction of sp³-hybridized carbons (Fsp3) is 0.556. The van der Waals surface area contributed by atoms with Crippen LogP contribution in [0.2, 0.25) is 0 Å². The van der Waals surface area contributed by atoms with Crippen molar-refractivity contribution in [2.45, 2.75) is 19.7 Å². The average Bonchev–Trinajstić information content (AvgIpc) is 2.65. The predicted molar refractivity (Wildman–Crippen MR) is 48.2 cm³/mol. The zero-order valence-electron chi connectivity index (χ0n) is 8.91. The van der Waals surface area contributed by atoms with Crippen LogP contribution in [0.1, 0.15) is 23.2 Å². The maximum atomic E-state index is 11.7. The fourth-order valence-corrected chi connectivity index (χ4v) is 0.950. The van der Waals surface area contributed by atoms with Crippen molar-refractivity contribution < 1.29 is 32.0 Å². The van der Waals surface area contributed by atoms with Gasteiger partial charge in [-0.25, -0.2) is 4.79 Å². The van der Waals surface area contributed by atoms with Crippen LogP contribution in [0.5, 0.6) is 0 Å². The number of halogens is 3. The first-order chi connectivity index (χ1) is 7.92. The van der Waals surface area contributed by atoms with Crippen molar-refractivity contribution in [1.82, 2.24) is 5.16 Å². The number of hydrogen-bond acceptors (Lipinski definition) is 5. The Balaban J connectivity index is 2.43. The Morgan fingerprint density at radius 1 is 1.53 bits per heavy atom. The molecule has 17 heavy (non-hydrogen) atoms. The summed E-state index contributed by atoms with van der Waals surface area (Å²) in [4.78, 5) is 11.1. The fourth-order valence-electron chi connectivity index (χ4n) is 0.950. The van der Waals surface area contributed by atoms with Gasteiger partial charge in [0.25, 0.3) is 0 Å². The summed E-state index contributed by atoms with van der Waals surface area (Å²) in [5.74, 6) is -0.671. The van der Waals surface area contributed by atoms with Gasteiger partial charge in [-0.2, -0.15) is 13.2 Å². The zero-order chi connectivity index (χ0) is 12.9. The van der Waals surface area contributed by atoms with E-state index >= 15 is 0 Å². The second-order valence-electron chi connectivity index (χ2n) is 3.01. The lowest BCUT2D eigenvalue weighted by molar-refractivity contribution is -0.177. The van der Waals surface area contributed by atoms with Gasteiger partial charge in [0.2, 0.25) is 0 Å². The first-order valence-electron chi connectivity index (χ1n) is 4.69. The molecule has 0 radical (unpaired) electrons. The molecule has 0 aliphatic rings. The van der Waals surface area contributed by atoms with E-state index in [2.05, 4.69) is 19.2 Å². The Hall–Kier alpha value is -1.57. The van der Waals surface area contributed by atoms with Gasteiger partial charge in [0.1, 0.15) is 13.2 Å². The summed E-state index contributed by atoms with van der Waals surface area (Å²) in [6, 6.07) is 1.17. The highest BCUT2D eigenvalue weighted by atomic mass is 19.4. The Labute approximate surface area is 94.5 Å². The van der Waals surface area contributed by atoms with E-state index in [1.165, 1.54) is 6.07 Å². The van der Waals surface area contributed by atoms with E-state index in [4.69, 9.17) is 0 Å². The molecule has 8 heteroatoms. The van der Waals surface area contributed by atoms with Crippen molar-refractivity contribution in [3.05, 3.63) is 17.5 Å². The molecule has 0 unspecified atom stereocenters. The summed E-state index contributed by atoms with van der Waals surface area (Å²) in [5.41, 5.74) is -0.0996. The number of carbonyl (C=O) groups excluding carboxylic acids is 1. The Kier molecular flexibility index (Phi) is 4.50. The van der Waals surface area contributed by atoms with Gasteiger partial charge in [0.15, 0.2) is 11.5 Å². The molecule has 0 fully saturated rings. The maximum absolute atomic E-state index is 11.7. The van der Waals surface area contributed by atoms with Gasteiger partial charge in [-0.15, -0.1) is 0 Å². The third-order valence-electron chi connectivity index (χ3n) is 1.55. The van der Waals surface area contributed by atoms with Crippen molar-refractivity contribution in [3.8, 4) is 0 Å². The smallest absolute Gasteiger partial charge is 0.411 e. The highest BCUT2D eigenvalue weighted by Gasteiger charge is 2.27. The van der Waals surface area contributed by atoms with Crippen molar-refractivity contribution in [3.63, 3.8) is 0 Å². The lowest BCUT2D eigenvalue weighted by Gasteiger charge is -2.04. The largest absolute Gasteiger partial charge is 0.461 e. The van der Waals surface area contributed by atoms with Gasteiger partial charge >= 0.3 is 12.1 Å². The average molecular weight is 253 g/mol. The van der Waals surface area contributed by atoms with Crippen molar-refractivity contribution in [2.75, 3.05) is 13.2 Å². The zero-order valence-corrected chi connectivity index (χ0v) is 8.91. The van der Waals surface area contributed by atoms with Gasteiger partial charge in [-0.1, -0.05) is 5.16 Å². The number of nitrogens with zero attached hydrogens (tertiary/aromatic N) is 1. The quantitative estimate of drug-likeness (QED) is 0.750. The highest BCUT2D eigenvalue weighted by molar-refractivity contribution is 5.87. The Bertz CT molecular complexity index is 375. The van der Waals surface area contributed by atoms with E-state index in [9.17, 15) is 18.0 Å². The molecule has 0 aromatic carbocycles. The standard InChI is InChI=1S/C9H10F3NO4/c1-2-16-8(14)7-3-6(17-13-7)4-15-5-9(10,11)12/h3H,2,4-5H2,1H3. The van der Waals surface area contributed by atoms with Gasteiger partial charge in [0.05, 0.1) is 6.61 Å². The van der Waals surface area contributed by atoms with Crippen LogP contribution in [0.15, 0.2) is 10.6 Å². The maximum Gasteiger partial charge on any atom is 0.411 e. The van der Waals surface area contributed by atoms with E-state index in [1.807, 2.05) is 0 Å². The van der Waals surface area contributed by atoms with Crippen LogP contribution >= 0.6 is 0 Å². The van der Waals surface area contributed by atoms with E-state index in [1.54, 1.807) is 6.92 Å². The van der Waals surface area contributed by atoms with E-state index in [0.717, 1.165) is 0 Å².